The molecule has 0 aliphatic carbocycles. The Kier molecular flexibility index (Phi) is 3.57. The third kappa shape index (κ3) is 2.61. The molecule has 1 heterocycles. The molecule has 0 aromatic heterocycles. The third-order valence-electron chi connectivity index (χ3n) is 2.96. The molecule has 2 rings (SSSR count). The Morgan fingerprint density at radius 3 is 2.94 bits per heavy atom. The standard InChI is InChI=1S/C13H18N2O/c14-7-3-1-2-4-10-5-6-12-11(8-10)9-13(16)15-12/h5-6,8H,1-4,7,9,14H2,(H,15,16). The van der Waals surface area contributed by atoms with E-state index in [2.05, 4.69) is 17.4 Å². The number of hydrogen-bond donors (Lipinski definition) is 2. The normalized spacial score (nSPS) is 13.7. The number of fused-ring (bicyclic) bond motifs is 1. The maximum absolute atomic E-state index is 11.2. The molecule has 1 aliphatic heterocycles. The highest BCUT2D eigenvalue weighted by molar-refractivity contribution is 5.99. The highest BCUT2D eigenvalue weighted by Gasteiger charge is 2.16. The van der Waals surface area contributed by atoms with E-state index in [-0.39, 0.29) is 5.91 Å². The third-order valence-corrected chi connectivity index (χ3v) is 2.96. The van der Waals surface area contributed by atoms with Crippen molar-refractivity contribution in [2.75, 3.05) is 11.9 Å². The van der Waals surface area contributed by atoms with Gasteiger partial charge in [0.05, 0.1) is 6.42 Å². The zero-order chi connectivity index (χ0) is 11.4. The van der Waals surface area contributed by atoms with Crippen LogP contribution in [0.3, 0.4) is 0 Å². The van der Waals surface area contributed by atoms with Gasteiger partial charge in [0, 0.05) is 5.69 Å². The van der Waals surface area contributed by atoms with Gasteiger partial charge in [-0.15, -0.1) is 0 Å². The number of amides is 1. The number of rotatable bonds is 5. The first kappa shape index (κ1) is 11.1. The van der Waals surface area contributed by atoms with Gasteiger partial charge >= 0.3 is 0 Å². The molecule has 0 saturated heterocycles. The summed E-state index contributed by atoms with van der Waals surface area (Å²) in [7, 11) is 0. The summed E-state index contributed by atoms with van der Waals surface area (Å²) in [6.07, 6.45) is 5.08. The van der Waals surface area contributed by atoms with Gasteiger partial charge in [-0.3, -0.25) is 4.79 Å². The van der Waals surface area contributed by atoms with Gasteiger partial charge in [-0.25, -0.2) is 0 Å². The van der Waals surface area contributed by atoms with Gasteiger partial charge in [-0.2, -0.15) is 0 Å². The minimum atomic E-state index is 0.107. The Morgan fingerprint density at radius 1 is 1.25 bits per heavy atom. The Balaban J connectivity index is 1.92. The Bertz CT molecular complexity index is 388. The van der Waals surface area contributed by atoms with Crippen LogP contribution in [0.25, 0.3) is 0 Å². The van der Waals surface area contributed by atoms with Crippen LogP contribution >= 0.6 is 0 Å². The van der Waals surface area contributed by atoms with Gasteiger partial charge in [0.25, 0.3) is 0 Å². The summed E-state index contributed by atoms with van der Waals surface area (Å²) in [6.45, 7) is 0.780. The lowest BCUT2D eigenvalue weighted by Gasteiger charge is -2.04. The molecule has 0 bridgehead atoms. The van der Waals surface area contributed by atoms with Crippen molar-refractivity contribution in [1.29, 1.82) is 0 Å². The van der Waals surface area contributed by atoms with Crippen LogP contribution in [-0.2, 0) is 17.6 Å². The summed E-state index contributed by atoms with van der Waals surface area (Å²) in [4.78, 5) is 11.2. The predicted octanol–water partition coefficient (Wildman–Crippen LogP) is 1.85. The monoisotopic (exact) mass is 218 g/mol. The van der Waals surface area contributed by atoms with E-state index in [0.29, 0.717) is 6.42 Å². The van der Waals surface area contributed by atoms with E-state index in [4.69, 9.17) is 5.73 Å². The lowest BCUT2D eigenvalue weighted by atomic mass is 10.0. The van der Waals surface area contributed by atoms with Crippen molar-refractivity contribution in [1.82, 2.24) is 0 Å². The number of unbranched alkanes of at least 4 members (excludes halogenated alkanes) is 2. The first-order valence-corrected chi connectivity index (χ1v) is 5.91. The fraction of sp³-hybridized carbons (Fsp3) is 0.462. The van der Waals surface area contributed by atoms with Crippen molar-refractivity contribution in [3.8, 4) is 0 Å². The Morgan fingerprint density at radius 2 is 2.12 bits per heavy atom. The van der Waals surface area contributed by atoms with Crippen LogP contribution in [0.1, 0.15) is 30.4 Å². The molecule has 0 unspecified atom stereocenters. The molecule has 0 spiro atoms. The van der Waals surface area contributed by atoms with E-state index in [9.17, 15) is 4.79 Å². The first-order chi connectivity index (χ1) is 7.79. The van der Waals surface area contributed by atoms with Crippen LogP contribution in [0.4, 0.5) is 5.69 Å². The fourth-order valence-corrected chi connectivity index (χ4v) is 2.09. The largest absolute Gasteiger partial charge is 0.330 e. The average Bonchev–Trinajstić information content (AvgIpc) is 2.64. The number of nitrogens with two attached hydrogens (primary N) is 1. The summed E-state index contributed by atoms with van der Waals surface area (Å²) in [6, 6.07) is 6.26. The molecule has 86 valence electrons. The second-order valence-corrected chi connectivity index (χ2v) is 4.32. The fourth-order valence-electron chi connectivity index (χ4n) is 2.09. The van der Waals surface area contributed by atoms with E-state index in [1.165, 1.54) is 18.4 Å². The summed E-state index contributed by atoms with van der Waals surface area (Å²) in [5, 5.41) is 2.85. The Labute approximate surface area is 96.0 Å². The zero-order valence-electron chi connectivity index (χ0n) is 9.46. The molecule has 0 saturated carbocycles. The van der Waals surface area contributed by atoms with Crippen molar-refractivity contribution in [3.63, 3.8) is 0 Å². The average molecular weight is 218 g/mol. The first-order valence-electron chi connectivity index (χ1n) is 5.91. The number of aryl methyl sites for hydroxylation is 1. The number of benzene rings is 1. The summed E-state index contributed by atoms with van der Waals surface area (Å²) in [5.74, 6) is 0.107. The smallest absolute Gasteiger partial charge is 0.228 e. The molecule has 1 aromatic carbocycles. The van der Waals surface area contributed by atoms with E-state index < -0.39 is 0 Å². The molecule has 1 aliphatic rings. The van der Waals surface area contributed by atoms with Crippen LogP contribution in [0.2, 0.25) is 0 Å². The maximum Gasteiger partial charge on any atom is 0.228 e. The summed E-state index contributed by atoms with van der Waals surface area (Å²) < 4.78 is 0. The van der Waals surface area contributed by atoms with Gasteiger partial charge in [0.2, 0.25) is 5.91 Å². The van der Waals surface area contributed by atoms with Crippen LogP contribution in [-0.4, -0.2) is 12.5 Å². The molecule has 3 heteroatoms. The van der Waals surface area contributed by atoms with Crippen LogP contribution in [0.15, 0.2) is 18.2 Å². The molecule has 1 amide bonds. The molecule has 0 atom stereocenters. The van der Waals surface area contributed by atoms with Crippen molar-refractivity contribution >= 4 is 11.6 Å². The molecule has 0 fully saturated rings. The van der Waals surface area contributed by atoms with E-state index >= 15 is 0 Å². The van der Waals surface area contributed by atoms with E-state index in [0.717, 1.165) is 30.6 Å². The van der Waals surface area contributed by atoms with Crippen LogP contribution in [0.5, 0.6) is 0 Å². The summed E-state index contributed by atoms with van der Waals surface area (Å²) >= 11 is 0. The lowest BCUT2D eigenvalue weighted by molar-refractivity contribution is -0.115. The number of hydrogen-bond acceptors (Lipinski definition) is 2. The van der Waals surface area contributed by atoms with Crippen LogP contribution in [0, 0.1) is 0 Å². The van der Waals surface area contributed by atoms with Gasteiger partial charge in [0.15, 0.2) is 0 Å². The van der Waals surface area contributed by atoms with E-state index in [1.54, 1.807) is 0 Å². The van der Waals surface area contributed by atoms with Crippen molar-refractivity contribution in [2.45, 2.75) is 32.1 Å². The molecule has 16 heavy (non-hydrogen) atoms. The molecule has 3 N–H and O–H groups in total. The number of nitrogens with one attached hydrogen (secondary N) is 1. The van der Waals surface area contributed by atoms with Gasteiger partial charge in [0.1, 0.15) is 0 Å². The second-order valence-electron chi connectivity index (χ2n) is 4.32. The number of anilines is 1. The SMILES string of the molecule is NCCCCCc1ccc2c(c1)CC(=O)N2. The van der Waals surface area contributed by atoms with E-state index in [1.807, 2.05) is 6.07 Å². The van der Waals surface area contributed by atoms with Crippen molar-refractivity contribution in [3.05, 3.63) is 29.3 Å². The quantitative estimate of drug-likeness (QED) is 0.741. The van der Waals surface area contributed by atoms with Gasteiger partial charge < -0.3 is 11.1 Å². The Hall–Kier alpha value is -1.35. The molecular weight excluding hydrogens is 200 g/mol. The topological polar surface area (TPSA) is 55.1 Å². The van der Waals surface area contributed by atoms with Crippen molar-refractivity contribution in [2.24, 2.45) is 5.73 Å². The summed E-state index contributed by atoms with van der Waals surface area (Å²) in [5.41, 5.74) is 8.90. The zero-order valence-corrected chi connectivity index (χ0v) is 9.46. The number of carbonyl (C=O) groups excluding carboxylic acids is 1. The molecular formula is C13H18N2O. The maximum atomic E-state index is 11.2. The predicted molar refractivity (Wildman–Crippen MR) is 65.4 cm³/mol. The van der Waals surface area contributed by atoms with Crippen molar-refractivity contribution < 1.29 is 4.79 Å². The number of carbonyl (C=O) groups is 1. The second kappa shape index (κ2) is 5.12. The molecule has 0 radical (unpaired) electrons. The lowest BCUT2D eigenvalue weighted by Crippen LogP contribution is -2.03. The molecule has 1 aromatic rings. The highest BCUT2D eigenvalue weighted by atomic mass is 16.1. The van der Waals surface area contributed by atoms with Crippen LogP contribution < -0.4 is 11.1 Å². The van der Waals surface area contributed by atoms with Gasteiger partial charge in [-0.1, -0.05) is 18.6 Å². The van der Waals surface area contributed by atoms with Gasteiger partial charge in [-0.05, 0) is 43.0 Å². The minimum Gasteiger partial charge on any atom is -0.330 e. The minimum absolute atomic E-state index is 0.107. The molecule has 3 nitrogen and oxygen atoms in total. The highest BCUT2D eigenvalue weighted by Crippen LogP contribution is 2.24.